The lowest BCUT2D eigenvalue weighted by molar-refractivity contribution is 0.485. The Morgan fingerprint density at radius 3 is 1.95 bits per heavy atom. The SMILES string of the molecule is CCCCCCCCCCCCc1occc1CC. The van der Waals surface area contributed by atoms with E-state index in [1.165, 1.54) is 75.5 Å². The highest BCUT2D eigenvalue weighted by molar-refractivity contribution is 5.16. The summed E-state index contributed by atoms with van der Waals surface area (Å²) in [5.41, 5.74) is 1.40. The Kier molecular flexibility index (Phi) is 9.57. The molecule has 0 fully saturated rings. The molecule has 0 aliphatic rings. The summed E-state index contributed by atoms with van der Waals surface area (Å²) in [6.07, 6.45) is 18.1. The zero-order valence-electron chi connectivity index (χ0n) is 13.0. The van der Waals surface area contributed by atoms with Crippen LogP contribution in [0.15, 0.2) is 16.7 Å². The summed E-state index contributed by atoms with van der Waals surface area (Å²) in [7, 11) is 0. The van der Waals surface area contributed by atoms with E-state index in [9.17, 15) is 0 Å². The predicted octanol–water partition coefficient (Wildman–Crippen LogP) is 6.31. The molecule has 1 aromatic heterocycles. The monoisotopic (exact) mass is 264 g/mol. The van der Waals surface area contributed by atoms with E-state index < -0.39 is 0 Å². The predicted molar refractivity (Wildman–Crippen MR) is 83.6 cm³/mol. The van der Waals surface area contributed by atoms with Crippen molar-refractivity contribution in [2.75, 3.05) is 0 Å². The first-order valence-corrected chi connectivity index (χ1v) is 8.43. The molecule has 0 amide bonds. The van der Waals surface area contributed by atoms with Crippen LogP contribution in [0.3, 0.4) is 0 Å². The van der Waals surface area contributed by atoms with Crippen LogP contribution in [0, 0.1) is 0 Å². The number of furan rings is 1. The van der Waals surface area contributed by atoms with Gasteiger partial charge in [-0.05, 0) is 24.5 Å². The molecule has 0 aliphatic carbocycles. The maximum Gasteiger partial charge on any atom is 0.106 e. The third-order valence-electron chi connectivity index (χ3n) is 3.98. The van der Waals surface area contributed by atoms with Crippen molar-refractivity contribution in [2.45, 2.75) is 90.9 Å². The zero-order chi connectivity index (χ0) is 13.8. The fourth-order valence-corrected chi connectivity index (χ4v) is 2.67. The van der Waals surface area contributed by atoms with Crippen LogP contribution >= 0.6 is 0 Å². The summed E-state index contributed by atoms with van der Waals surface area (Å²) < 4.78 is 5.54. The largest absolute Gasteiger partial charge is 0.469 e. The molecule has 0 saturated heterocycles. The molecular formula is C18H32O. The second-order valence-electron chi connectivity index (χ2n) is 5.65. The minimum absolute atomic E-state index is 1.10. The third-order valence-corrected chi connectivity index (χ3v) is 3.98. The highest BCUT2D eigenvalue weighted by Gasteiger charge is 2.03. The van der Waals surface area contributed by atoms with Gasteiger partial charge in [-0.3, -0.25) is 0 Å². The molecule has 1 aromatic rings. The first-order valence-electron chi connectivity index (χ1n) is 8.43. The molecule has 1 heteroatoms. The van der Waals surface area contributed by atoms with Crippen LogP contribution in [0.1, 0.15) is 89.4 Å². The first kappa shape index (κ1) is 16.3. The molecule has 1 nitrogen and oxygen atoms in total. The fourth-order valence-electron chi connectivity index (χ4n) is 2.67. The van der Waals surface area contributed by atoms with Crippen LogP contribution in [0.5, 0.6) is 0 Å². The molecular weight excluding hydrogens is 232 g/mol. The quantitative estimate of drug-likeness (QED) is 0.403. The Labute approximate surface area is 119 Å². The van der Waals surface area contributed by atoms with Gasteiger partial charge in [0.05, 0.1) is 6.26 Å². The summed E-state index contributed by atoms with van der Waals surface area (Å²) in [6.45, 7) is 4.48. The van der Waals surface area contributed by atoms with Gasteiger partial charge in [0.2, 0.25) is 0 Å². The van der Waals surface area contributed by atoms with Crippen LogP contribution in [-0.4, -0.2) is 0 Å². The highest BCUT2D eigenvalue weighted by Crippen LogP contribution is 2.16. The van der Waals surface area contributed by atoms with Crippen molar-refractivity contribution >= 4 is 0 Å². The normalized spacial score (nSPS) is 11.1. The van der Waals surface area contributed by atoms with E-state index in [1.807, 2.05) is 6.26 Å². The van der Waals surface area contributed by atoms with E-state index in [2.05, 4.69) is 19.9 Å². The maximum atomic E-state index is 5.54. The molecule has 0 bridgehead atoms. The van der Waals surface area contributed by atoms with Crippen LogP contribution in [0.4, 0.5) is 0 Å². The van der Waals surface area contributed by atoms with E-state index in [0.717, 1.165) is 12.8 Å². The van der Waals surface area contributed by atoms with Gasteiger partial charge < -0.3 is 4.42 Å². The molecule has 0 spiro atoms. The Bertz CT molecular complexity index is 300. The molecule has 0 atom stereocenters. The lowest BCUT2D eigenvalue weighted by Gasteiger charge is -2.02. The van der Waals surface area contributed by atoms with Gasteiger partial charge in [-0.2, -0.15) is 0 Å². The van der Waals surface area contributed by atoms with Gasteiger partial charge >= 0.3 is 0 Å². The summed E-state index contributed by atoms with van der Waals surface area (Å²) >= 11 is 0. The Morgan fingerprint density at radius 1 is 0.789 bits per heavy atom. The van der Waals surface area contributed by atoms with Gasteiger partial charge in [-0.15, -0.1) is 0 Å². The van der Waals surface area contributed by atoms with E-state index in [4.69, 9.17) is 4.42 Å². The van der Waals surface area contributed by atoms with Crippen molar-refractivity contribution in [2.24, 2.45) is 0 Å². The molecule has 0 aliphatic heterocycles. The molecule has 0 aromatic carbocycles. The van der Waals surface area contributed by atoms with E-state index in [0.29, 0.717) is 0 Å². The average Bonchev–Trinajstić information content (AvgIpc) is 2.88. The Morgan fingerprint density at radius 2 is 1.37 bits per heavy atom. The highest BCUT2D eigenvalue weighted by atomic mass is 16.3. The molecule has 0 unspecified atom stereocenters. The van der Waals surface area contributed by atoms with Crippen LogP contribution in [-0.2, 0) is 12.8 Å². The Hall–Kier alpha value is -0.720. The summed E-state index contributed by atoms with van der Waals surface area (Å²) in [6, 6.07) is 2.12. The number of unbranched alkanes of at least 4 members (excludes halogenated alkanes) is 9. The molecule has 0 radical (unpaired) electrons. The first-order chi connectivity index (χ1) is 9.38. The maximum absolute atomic E-state index is 5.54. The number of rotatable bonds is 12. The molecule has 0 saturated carbocycles. The minimum atomic E-state index is 1.10. The molecule has 1 rings (SSSR count). The van der Waals surface area contributed by atoms with E-state index in [-0.39, 0.29) is 0 Å². The smallest absolute Gasteiger partial charge is 0.106 e. The Balaban J connectivity index is 1.89. The van der Waals surface area contributed by atoms with Crippen LogP contribution in [0.25, 0.3) is 0 Å². The topological polar surface area (TPSA) is 13.1 Å². The van der Waals surface area contributed by atoms with Crippen LogP contribution in [0.2, 0.25) is 0 Å². The lowest BCUT2D eigenvalue weighted by Crippen LogP contribution is -1.89. The van der Waals surface area contributed by atoms with Gasteiger partial charge in [0.25, 0.3) is 0 Å². The van der Waals surface area contributed by atoms with E-state index in [1.54, 1.807) is 0 Å². The van der Waals surface area contributed by atoms with Crippen molar-refractivity contribution in [3.8, 4) is 0 Å². The summed E-state index contributed by atoms with van der Waals surface area (Å²) in [5, 5.41) is 0. The van der Waals surface area contributed by atoms with Crippen LogP contribution < -0.4 is 0 Å². The standard InChI is InChI=1S/C18H32O/c1-3-5-6-7-8-9-10-11-12-13-14-18-17(4-2)15-16-19-18/h15-16H,3-14H2,1-2H3. The number of aryl methyl sites for hydroxylation is 2. The van der Waals surface area contributed by atoms with Gasteiger partial charge in [0.15, 0.2) is 0 Å². The van der Waals surface area contributed by atoms with Gasteiger partial charge in [-0.25, -0.2) is 0 Å². The average molecular weight is 264 g/mol. The summed E-state index contributed by atoms with van der Waals surface area (Å²) in [4.78, 5) is 0. The molecule has 110 valence electrons. The second kappa shape index (κ2) is 11.1. The zero-order valence-corrected chi connectivity index (χ0v) is 13.0. The van der Waals surface area contributed by atoms with Crippen molar-refractivity contribution in [3.05, 3.63) is 23.7 Å². The van der Waals surface area contributed by atoms with E-state index >= 15 is 0 Å². The fraction of sp³-hybridized carbons (Fsp3) is 0.778. The molecule has 0 N–H and O–H groups in total. The van der Waals surface area contributed by atoms with Crippen molar-refractivity contribution in [3.63, 3.8) is 0 Å². The molecule has 19 heavy (non-hydrogen) atoms. The lowest BCUT2D eigenvalue weighted by atomic mass is 10.0. The minimum Gasteiger partial charge on any atom is -0.469 e. The van der Waals surface area contributed by atoms with Crippen molar-refractivity contribution in [1.29, 1.82) is 0 Å². The second-order valence-corrected chi connectivity index (χ2v) is 5.65. The molecule has 1 heterocycles. The number of hydrogen-bond acceptors (Lipinski definition) is 1. The summed E-state index contributed by atoms with van der Waals surface area (Å²) in [5.74, 6) is 1.22. The van der Waals surface area contributed by atoms with Gasteiger partial charge in [-0.1, -0.05) is 71.6 Å². The van der Waals surface area contributed by atoms with Gasteiger partial charge in [0, 0.05) is 6.42 Å². The van der Waals surface area contributed by atoms with Crippen molar-refractivity contribution in [1.82, 2.24) is 0 Å². The van der Waals surface area contributed by atoms with Crippen molar-refractivity contribution < 1.29 is 4.42 Å². The van der Waals surface area contributed by atoms with Gasteiger partial charge in [0.1, 0.15) is 5.76 Å². The number of hydrogen-bond donors (Lipinski definition) is 0. The third kappa shape index (κ3) is 7.44.